The normalized spacial score (nSPS) is 22.6. The van der Waals surface area contributed by atoms with Crippen LogP contribution in [-0.2, 0) is 0 Å². The predicted octanol–water partition coefficient (Wildman–Crippen LogP) is 4.31. The molecule has 2 unspecified atom stereocenters. The van der Waals surface area contributed by atoms with Crippen molar-refractivity contribution in [1.29, 1.82) is 0 Å². The van der Waals surface area contributed by atoms with Gasteiger partial charge in [0.05, 0.1) is 23.5 Å². The molecule has 0 amide bonds. The van der Waals surface area contributed by atoms with Crippen LogP contribution in [0.2, 0.25) is 0 Å². The van der Waals surface area contributed by atoms with Gasteiger partial charge in [-0.3, -0.25) is 13.5 Å². The topological polar surface area (TPSA) is 21.8 Å². The number of nitrogens with one attached hydrogen (secondary N) is 1. The molecule has 0 bridgehead atoms. The summed E-state index contributed by atoms with van der Waals surface area (Å²) < 4.78 is 45.6. The van der Waals surface area contributed by atoms with Crippen LogP contribution in [-0.4, -0.2) is 43.2 Å². The van der Waals surface area contributed by atoms with Crippen molar-refractivity contribution in [2.45, 2.75) is 25.9 Å². The fourth-order valence-electron chi connectivity index (χ4n) is 3.94. The molecule has 28 heavy (non-hydrogen) atoms. The maximum Gasteiger partial charge on any atom is 0.153 e. The number of para-hydroxylation sites is 2. The van der Waals surface area contributed by atoms with Crippen molar-refractivity contribution >= 4 is 29.2 Å². The zero-order valence-corrected chi connectivity index (χ0v) is 16.6. The molecule has 0 radical (unpaired) electrons. The lowest BCUT2D eigenvalue weighted by Gasteiger charge is -2.36. The van der Waals surface area contributed by atoms with E-state index < -0.39 is 17.5 Å². The Morgan fingerprint density at radius 1 is 0.964 bits per heavy atom. The first kappa shape index (κ1) is 19.4. The van der Waals surface area contributed by atoms with E-state index >= 15 is 0 Å². The van der Waals surface area contributed by atoms with Crippen molar-refractivity contribution in [3.05, 3.63) is 53.8 Å². The molecule has 4 nitrogen and oxygen atoms in total. The minimum Gasteiger partial charge on any atom is -0.309 e. The molecule has 1 fully saturated rings. The third-order valence-electron chi connectivity index (χ3n) is 4.99. The Hall–Kier alpha value is -1.90. The molecule has 150 valence electrons. The Balaban J connectivity index is 1.55. The second-order valence-electron chi connectivity index (χ2n) is 7.41. The van der Waals surface area contributed by atoms with Crippen LogP contribution in [0, 0.1) is 17.5 Å². The maximum absolute atomic E-state index is 14.4. The summed E-state index contributed by atoms with van der Waals surface area (Å²) in [4.78, 5) is 2.40. The molecule has 2 aliphatic heterocycles. The molecule has 4 rings (SSSR count). The summed E-state index contributed by atoms with van der Waals surface area (Å²) in [5.74, 6) is -2.74. The first-order chi connectivity index (χ1) is 13.4. The van der Waals surface area contributed by atoms with Gasteiger partial charge in [0.25, 0.3) is 0 Å². The predicted molar refractivity (Wildman–Crippen MR) is 108 cm³/mol. The van der Waals surface area contributed by atoms with Crippen LogP contribution >= 0.6 is 12.1 Å². The average Bonchev–Trinajstić information content (AvgIpc) is 2.97. The molecule has 0 spiro atoms. The number of piperazine rings is 1. The first-order valence-electron chi connectivity index (χ1n) is 9.40. The molecule has 0 aliphatic carbocycles. The molecule has 0 aromatic heterocycles. The fraction of sp³-hybridized carbons (Fsp3) is 0.400. The van der Waals surface area contributed by atoms with E-state index in [-0.39, 0.29) is 5.69 Å². The molecule has 2 atom stereocenters. The Kier molecular flexibility index (Phi) is 5.44. The van der Waals surface area contributed by atoms with E-state index in [1.807, 2.05) is 28.6 Å². The van der Waals surface area contributed by atoms with Gasteiger partial charge in [-0.25, -0.2) is 13.2 Å². The first-order valence-corrected chi connectivity index (χ1v) is 10.1. The molecule has 2 aromatic rings. The van der Waals surface area contributed by atoms with Gasteiger partial charge in [0.15, 0.2) is 11.6 Å². The van der Waals surface area contributed by atoms with E-state index in [4.69, 9.17) is 0 Å². The van der Waals surface area contributed by atoms with Crippen LogP contribution in [0.5, 0.6) is 0 Å². The van der Waals surface area contributed by atoms with E-state index in [0.717, 1.165) is 25.3 Å². The van der Waals surface area contributed by atoms with Gasteiger partial charge in [-0.2, -0.15) is 0 Å². The Labute approximate surface area is 167 Å². The molecule has 2 aromatic carbocycles. The molecular formula is C20H23F3N4S. The largest absolute Gasteiger partial charge is 0.309 e. The molecule has 1 saturated heterocycles. The number of anilines is 3. The van der Waals surface area contributed by atoms with Crippen LogP contribution in [0.3, 0.4) is 0 Å². The number of halogens is 3. The van der Waals surface area contributed by atoms with Gasteiger partial charge in [0.1, 0.15) is 11.5 Å². The molecule has 1 N–H and O–H groups in total. The third-order valence-corrected chi connectivity index (χ3v) is 6.11. The van der Waals surface area contributed by atoms with E-state index in [0.29, 0.717) is 36.4 Å². The number of hydrogen-bond donors (Lipinski definition) is 1. The van der Waals surface area contributed by atoms with Crippen molar-refractivity contribution in [1.82, 2.24) is 10.2 Å². The van der Waals surface area contributed by atoms with E-state index in [1.165, 1.54) is 16.4 Å². The van der Waals surface area contributed by atoms with Crippen LogP contribution in [0.1, 0.15) is 13.8 Å². The van der Waals surface area contributed by atoms with Gasteiger partial charge < -0.3 is 5.32 Å². The summed E-state index contributed by atoms with van der Waals surface area (Å²) in [6, 6.07) is 9.78. The number of fused-ring (bicyclic) bond motifs is 1. The number of benzene rings is 2. The highest BCUT2D eigenvalue weighted by Gasteiger charge is 2.32. The van der Waals surface area contributed by atoms with Crippen molar-refractivity contribution in [3.8, 4) is 0 Å². The summed E-state index contributed by atoms with van der Waals surface area (Å²) in [5, 5.41) is 3.52. The SMILES string of the molecule is CC1CN(CCN2SN(c3c(F)cc(F)cc3F)c3ccccc32)CC(C)N1. The lowest BCUT2D eigenvalue weighted by molar-refractivity contribution is 0.178. The van der Waals surface area contributed by atoms with Crippen molar-refractivity contribution < 1.29 is 13.2 Å². The zero-order valence-electron chi connectivity index (χ0n) is 15.8. The van der Waals surface area contributed by atoms with Crippen LogP contribution in [0.4, 0.5) is 30.2 Å². The van der Waals surface area contributed by atoms with Crippen LogP contribution < -0.4 is 13.9 Å². The zero-order chi connectivity index (χ0) is 19.8. The molecule has 2 heterocycles. The average molecular weight is 408 g/mol. The Morgan fingerprint density at radius 3 is 2.21 bits per heavy atom. The van der Waals surface area contributed by atoms with Gasteiger partial charge in [0, 0.05) is 50.4 Å². The van der Waals surface area contributed by atoms with Gasteiger partial charge in [-0.15, -0.1) is 0 Å². The standard InChI is InChI=1S/C20H23F3N4S/c1-13-11-25(12-14(2)24-13)7-8-26-18-5-3-4-6-19(18)27(28-26)20-16(22)9-15(21)10-17(20)23/h3-6,9-10,13-14,24H,7-8,11-12H2,1-2H3. The van der Waals surface area contributed by atoms with Crippen LogP contribution in [0.25, 0.3) is 0 Å². The Bertz CT molecular complexity index is 832. The van der Waals surface area contributed by atoms with Gasteiger partial charge in [-0.1, -0.05) is 12.1 Å². The lowest BCUT2D eigenvalue weighted by Crippen LogP contribution is -2.55. The number of hydrogen-bond acceptors (Lipinski definition) is 5. The number of rotatable bonds is 4. The summed E-state index contributed by atoms with van der Waals surface area (Å²) >= 11 is 1.24. The maximum atomic E-state index is 14.4. The highest BCUT2D eigenvalue weighted by molar-refractivity contribution is 8.02. The number of nitrogens with zero attached hydrogens (tertiary/aromatic N) is 3. The smallest absolute Gasteiger partial charge is 0.153 e. The summed E-state index contributed by atoms with van der Waals surface area (Å²) in [6.45, 7) is 7.83. The molecule has 0 saturated carbocycles. The monoisotopic (exact) mass is 408 g/mol. The van der Waals surface area contributed by atoms with Gasteiger partial charge >= 0.3 is 0 Å². The second kappa shape index (κ2) is 7.85. The fourth-order valence-corrected chi connectivity index (χ4v) is 5.04. The molecule has 2 aliphatic rings. The summed E-state index contributed by atoms with van der Waals surface area (Å²) in [6.07, 6.45) is 0. The van der Waals surface area contributed by atoms with E-state index in [9.17, 15) is 13.2 Å². The van der Waals surface area contributed by atoms with Crippen molar-refractivity contribution in [2.24, 2.45) is 0 Å². The minimum absolute atomic E-state index is 0.245. The lowest BCUT2D eigenvalue weighted by atomic mass is 10.1. The minimum atomic E-state index is -0.921. The van der Waals surface area contributed by atoms with Crippen molar-refractivity contribution in [3.63, 3.8) is 0 Å². The van der Waals surface area contributed by atoms with Gasteiger partial charge in [-0.05, 0) is 26.0 Å². The molecular weight excluding hydrogens is 385 g/mol. The highest BCUT2D eigenvalue weighted by atomic mass is 32.2. The summed E-state index contributed by atoms with van der Waals surface area (Å²) in [7, 11) is 0. The summed E-state index contributed by atoms with van der Waals surface area (Å²) in [5.41, 5.74) is 1.34. The van der Waals surface area contributed by atoms with Crippen LogP contribution in [0.15, 0.2) is 36.4 Å². The van der Waals surface area contributed by atoms with E-state index in [1.54, 1.807) is 0 Å². The Morgan fingerprint density at radius 2 is 1.57 bits per heavy atom. The highest BCUT2D eigenvalue weighted by Crippen LogP contribution is 2.50. The van der Waals surface area contributed by atoms with E-state index in [2.05, 4.69) is 24.1 Å². The second-order valence-corrected chi connectivity index (χ2v) is 8.38. The van der Waals surface area contributed by atoms with Gasteiger partial charge in [0.2, 0.25) is 0 Å². The third kappa shape index (κ3) is 3.81. The van der Waals surface area contributed by atoms with Crippen molar-refractivity contribution in [2.75, 3.05) is 34.8 Å². The quantitative estimate of drug-likeness (QED) is 0.759. The molecule has 8 heteroatoms.